The summed E-state index contributed by atoms with van der Waals surface area (Å²) in [4.78, 5) is 0. The van der Waals surface area contributed by atoms with Crippen molar-refractivity contribution in [3.8, 4) is 0 Å². The van der Waals surface area contributed by atoms with E-state index in [1.54, 1.807) is 75.0 Å². The summed E-state index contributed by atoms with van der Waals surface area (Å²) in [5, 5.41) is 1.56. The molecule has 2 aromatic carbocycles. The van der Waals surface area contributed by atoms with Gasteiger partial charge in [0.1, 0.15) is 0 Å². The number of hydrogen-bond acceptors (Lipinski definition) is 0. The zero-order valence-corrected chi connectivity index (χ0v) is 26.5. The molecule has 3 heteroatoms. The van der Waals surface area contributed by atoms with Crippen molar-refractivity contribution >= 4 is 21.2 Å². The molecule has 8 bridgehead atoms. The minimum atomic E-state index is -0.981. The molecule has 0 saturated heterocycles. The Morgan fingerprint density at radius 1 is 0.649 bits per heavy atom. The molecule has 0 N–H and O–H groups in total. The molecular weight excluding hydrogens is 523 g/mol. The first kappa shape index (κ1) is 27.1. The van der Waals surface area contributed by atoms with E-state index < -0.39 is 8.07 Å². The molecule has 0 spiro atoms. The van der Waals surface area contributed by atoms with Crippen molar-refractivity contribution < 1.29 is 17.1 Å². The van der Waals surface area contributed by atoms with Gasteiger partial charge in [-0.1, -0.05) is 19.6 Å². The maximum atomic E-state index is 2.46. The summed E-state index contributed by atoms with van der Waals surface area (Å²) < 4.78 is 0. The topological polar surface area (TPSA) is 0 Å². The largest absolute Gasteiger partial charge is 0.748 e. The molecule has 8 aliphatic rings. The van der Waals surface area contributed by atoms with Crippen molar-refractivity contribution in [1.29, 1.82) is 0 Å². The van der Waals surface area contributed by atoms with Gasteiger partial charge < -0.3 is 29.8 Å². The predicted molar refractivity (Wildman–Crippen MR) is 159 cm³/mol. The van der Waals surface area contributed by atoms with Crippen molar-refractivity contribution in [3.05, 3.63) is 54.1 Å². The molecule has 8 aliphatic carbocycles. The fourth-order valence-electron chi connectivity index (χ4n) is 10.9. The molecule has 37 heavy (non-hydrogen) atoms. The molecule has 8 fully saturated rings. The van der Waals surface area contributed by atoms with E-state index in [1.165, 1.54) is 6.16 Å². The van der Waals surface area contributed by atoms with Crippen LogP contribution in [0.1, 0.15) is 69.8 Å². The zero-order valence-electron chi connectivity index (χ0n) is 23.5. The van der Waals surface area contributed by atoms with Crippen LogP contribution in [0, 0.1) is 47.3 Å². The Hall–Kier alpha value is -0.134. The molecule has 0 nitrogen and oxygen atoms in total. The standard InChI is InChI=1S/C26H36P.C8H13Si.Fe/c1-2-4-16(3-1)15-27(25-21-7-17-5-18(9-21)10-22(25)8-17)26-23-11-19-6-20(13-23)14-24(26)12-19;1-9(2,3)8-6-4-5-7-8;/h1-4,17-26H,5-15H2;4-7H,1-3H3;/q-5;-1;. The second-order valence-corrected chi connectivity index (χ2v) is 22.8. The van der Waals surface area contributed by atoms with Gasteiger partial charge in [0.05, 0.1) is 0 Å². The fourth-order valence-corrected chi connectivity index (χ4v) is 16.7. The van der Waals surface area contributed by atoms with Crippen LogP contribution in [0.5, 0.6) is 0 Å². The molecule has 10 rings (SSSR count). The summed E-state index contributed by atoms with van der Waals surface area (Å²) >= 11 is 0. The van der Waals surface area contributed by atoms with Crippen molar-refractivity contribution in [1.82, 2.24) is 0 Å². The van der Waals surface area contributed by atoms with Crippen LogP contribution in [-0.2, 0) is 23.2 Å². The van der Waals surface area contributed by atoms with E-state index in [4.69, 9.17) is 0 Å². The van der Waals surface area contributed by atoms with Gasteiger partial charge in [0, 0.05) is 25.1 Å². The van der Waals surface area contributed by atoms with Gasteiger partial charge in [0.15, 0.2) is 0 Å². The second-order valence-electron chi connectivity index (χ2n) is 15.2. The SMILES string of the molecule is C[Si](C)(C)[c-]1cccc1.[Fe].[cH-]1[cH-][cH-][c-](CP(C2C3CC4CC(C3)CC2C4)C2C3CC4CC(C3)CC2C4)[cH-]1. The molecule has 0 radical (unpaired) electrons. The molecule has 2 aromatic rings. The third-order valence-corrected chi connectivity index (χ3v) is 17.8. The summed E-state index contributed by atoms with van der Waals surface area (Å²) in [6.07, 6.45) is 17.7. The number of rotatable bonds is 5. The summed E-state index contributed by atoms with van der Waals surface area (Å²) in [7, 11) is -0.792. The van der Waals surface area contributed by atoms with Crippen LogP contribution in [0.3, 0.4) is 0 Å². The van der Waals surface area contributed by atoms with E-state index in [-0.39, 0.29) is 25.0 Å². The quantitative estimate of drug-likeness (QED) is 0.191. The third kappa shape index (κ3) is 5.33. The van der Waals surface area contributed by atoms with E-state index in [2.05, 4.69) is 68.2 Å². The van der Waals surface area contributed by atoms with Crippen LogP contribution < -0.4 is 5.19 Å². The summed E-state index contributed by atoms with van der Waals surface area (Å²) in [5.74, 6) is 9.10. The predicted octanol–water partition coefficient (Wildman–Crippen LogP) is 8.99. The van der Waals surface area contributed by atoms with Crippen LogP contribution in [0.25, 0.3) is 0 Å². The first-order valence-electron chi connectivity index (χ1n) is 15.6. The average Bonchev–Trinajstić information content (AvgIpc) is 3.52. The summed E-state index contributed by atoms with van der Waals surface area (Å²) in [6.45, 7) is 7.09. The van der Waals surface area contributed by atoms with Gasteiger partial charge in [-0.15, -0.1) is 7.92 Å². The normalized spacial score (nSPS) is 41.7. The van der Waals surface area contributed by atoms with E-state index in [0.717, 1.165) is 58.7 Å². The molecule has 0 unspecified atom stereocenters. The molecule has 0 amide bonds. The van der Waals surface area contributed by atoms with Crippen molar-refractivity contribution in [3.63, 3.8) is 0 Å². The van der Waals surface area contributed by atoms with E-state index >= 15 is 0 Å². The van der Waals surface area contributed by atoms with Crippen LogP contribution in [0.2, 0.25) is 19.6 Å². The first-order valence-corrected chi connectivity index (χ1v) is 20.8. The van der Waals surface area contributed by atoms with Crippen molar-refractivity contribution in [2.24, 2.45) is 47.3 Å². The number of hydrogen-bond donors (Lipinski definition) is 0. The van der Waals surface area contributed by atoms with Crippen LogP contribution in [-0.4, -0.2) is 19.4 Å². The Kier molecular flexibility index (Phi) is 7.82. The Labute approximate surface area is 240 Å². The Morgan fingerprint density at radius 2 is 1.03 bits per heavy atom. The molecule has 0 aromatic heterocycles. The van der Waals surface area contributed by atoms with Gasteiger partial charge in [-0.2, -0.15) is 23.5 Å². The Bertz CT molecular complexity index is 903. The average molecular weight is 573 g/mol. The van der Waals surface area contributed by atoms with Gasteiger partial charge in [0.25, 0.3) is 0 Å². The molecule has 208 valence electrons. The van der Waals surface area contributed by atoms with E-state index in [1.807, 2.05) is 0 Å². The first-order chi connectivity index (χ1) is 17.4. The van der Waals surface area contributed by atoms with E-state index in [9.17, 15) is 0 Å². The summed E-state index contributed by atoms with van der Waals surface area (Å²) in [6, 6.07) is 18.2. The van der Waals surface area contributed by atoms with E-state index in [0.29, 0.717) is 0 Å². The third-order valence-electron chi connectivity index (χ3n) is 11.7. The van der Waals surface area contributed by atoms with Crippen LogP contribution in [0.15, 0.2) is 48.5 Å². The fraction of sp³-hybridized carbons (Fsp3) is 0.706. The summed E-state index contributed by atoms with van der Waals surface area (Å²) in [5.41, 5.74) is 4.01. The maximum Gasteiger partial charge on any atom is 0.0147 e. The molecule has 0 aliphatic heterocycles. The molecule has 0 heterocycles. The zero-order chi connectivity index (χ0) is 24.4. The van der Waals surface area contributed by atoms with Gasteiger partial charge in [-0.3, -0.25) is 0 Å². The Balaban J connectivity index is 0.000000217. The van der Waals surface area contributed by atoms with Gasteiger partial charge in [-0.25, -0.2) is 12.1 Å². The maximum absolute atomic E-state index is 2.46. The van der Waals surface area contributed by atoms with Gasteiger partial charge in [0.2, 0.25) is 0 Å². The second kappa shape index (κ2) is 10.7. The van der Waals surface area contributed by atoms with Crippen molar-refractivity contribution in [2.75, 3.05) is 0 Å². The van der Waals surface area contributed by atoms with Gasteiger partial charge >= 0.3 is 0 Å². The van der Waals surface area contributed by atoms with Crippen LogP contribution >= 0.6 is 7.92 Å². The minimum Gasteiger partial charge on any atom is -0.748 e. The van der Waals surface area contributed by atoms with Crippen molar-refractivity contribution in [2.45, 2.75) is 101 Å². The monoisotopic (exact) mass is 572 g/mol. The van der Waals surface area contributed by atoms with Crippen LogP contribution in [0.4, 0.5) is 0 Å². The molecule has 0 atom stereocenters. The minimum absolute atomic E-state index is 0. The smallest absolute Gasteiger partial charge is 0.0147 e. The molecule has 8 saturated carbocycles. The molecular formula is C34H49FePSi-6. The van der Waals surface area contributed by atoms with Gasteiger partial charge in [-0.05, 0) is 123 Å². The Morgan fingerprint density at radius 3 is 1.35 bits per heavy atom.